The molecule has 0 aliphatic heterocycles. The molecular weight excluding hydrogens is 378 g/mol. The van der Waals surface area contributed by atoms with E-state index in [1.165, 1.54) is 6.92 Å². The third-order valence-electron chi connectivity index (χ3n) is 3.99. The fourth-order valence-electron chi connectivity index (χ4n) is 2.52. The van der Waals surface area contributed by atoms with Crippen molar-refractivity contribution < 1.29 is 14.3 Å². The van der Waals surface area contributed by atoms with E-state index < -0.39 is 0 Å². The quantitative estimate of drug-likeness (QED) is 0.577. The molecule has 0 aliphatic carbocycles. The molecule has 2 aromatic carbocycles. The molecule has 0 radical (unpaired) electrons. The van der Waals surface area contributed by atoms with Gasteiger partial charge >= 0.3 is 0 Å². The van der Waals surface area contributed by atoms with Crippen LogP contribution in [0.25, 0.3) is 0 Å². The summed E-state index contributed by atoms with van der Waals surface area (Å²) in [5.41, 5.74) is 2.81. The maximum atomic E-state index is 12.3. The molecule has 0 aliphatic rings. The van der Waals surface area contributed by atoms with E-state index >= 15 is 0 Å². The molecule has 0 unspecified atom stereocenters. The number of nitrogens with zero attached hydrogens (tertiary/aromatic N) is 1. The molecule has 1 heterocycles. The smallest absolute Gasteiger partial charge is 0.274 e. The summed E-state index contributed by atoms with van der Waals surface area (Å²) in [5, 5.41) is 6.48. The van der Waals surface area contributed by atoms with Gasteiger partial charge in [-0.2, -0.15) is 0 Å². The zero-order valence-electron chi connectivity index (χ0n) is 15.3. The second-order valence-corrected chi connectivity index (χ2v) is 6.43. The van der Waals surface area contributed by atoms with Gasteiger partial charge in [0.1, 0.15) is 11.4 Å². The molecule has 0 spiro atoms. The standard InChI is InChI=1S/C21H18ClN3O3/c1-13(26)14-3-6-16(7-4-14)25-21(27)18-9-8-17(12-23-18)24-19-11-15(22)5-10-20(19)28-2/h3-12,24H,1-2H3,(H,25,27). The van der Waals surface area contributed by atoms with Crippen LogP contribution in [0, 0.1) is 0 Å². The van der Waals surface area contributed by atoms with E-state index in [1.807, 2.05) is 0 Å². The number of carbonyl (C=O) groups is 2. The molecule has 28 heavy (non-hydrogen) atoms. The molecule has 0 saturated heterocycles. The lowest BCUT2D eigenvalue weighted by Gasteiger charge is -2.12. The predicted octanol–water partition coefficient (Wildman–Crippen LogP) is 4.94. The number of hydrogen-bond acceptors (Lipinski definition) is 5. The van der Waals surface area contributed by atoms with Crippen molar-refractivity contribution in [2.45, 2.75) is 6.92 Å². The highest BCUT2D eigenvalue weighted by Crippen LogP contribution is 2.30. The number of carbonyl (C=O) groups excluding carboxylic acids is 2. The number of ether oxygens (including phenoxy) is 1. The van der Waals surface area contributed by atoms with Gasteiger partial charge in [-0.25, -0.2) is 4.98 Å². The summed E-state index contributed by atoms with van der Waals surface area (Å²) in [4.78, 5) is 27.8. The monoisotopic (exact) mass is 395 g/mol. The number of aromatic nitrogens is 1. The van der Waals surface area contributed by atoms with Crippen LogP contribution in [-0.4, -0.2) is 23.8 Å². The van der Waals surface area contributed by atoms with Gasteiger partial charge in [0.25, 0.3) is 5.91 Å². The van der Waals surface area contributed by atoms with Gasteiger partial charge in [0, 0.05) is 16.3 Å². The van der Waals surface area contributed by atoms with Crippen LogP contribution in [0.3, 0.4) is 0 Å². The summed E-state index contributed by atoms with van der Waals surface area (Å²) in [6.07, 6.45) is 1.55. The van der Waals surface area contributed by atoms with Crippen molar-refractivity contribution in [3.05, 3.63) is 77.1 Å². The van der Waals surface area contributed by atoms with Gasteiger partial charge in [0.2, 0.25) is 0 Å². The number of Topliss-reactive ketones (excluding diaryl/α,β-unsaturated/α-hetero) is 1. The maximum Gasteiger partial charge on any atom is 0.274 e. The average Bonchev–Trinajstić information content (AvgIpc) is 2.69. The second kappa shape index (κ2) is 8.54. The largest absolute Gasteiger partial charge is 0.495 e. The highest BCUT2D eigenvalue weighted by Gasteiger charge is 2.10. The van der Waals surface area contributed by atoms with Gasteiger partial charge in [-0.3, -0.25) is 9.59 Å². The lowest BCUT2D eigenvalue weighted by Crippen LogP contribution is -2.13. The normalized spacial score (nSPS) is 10.2. The first-order valence-corrected chi connectivity index (χ1v) is 8.83. The number of hydrogen-bond donors (Lipinski definition) is 2. The van der Waals surface area contributed by atoms with Crippen LogP contribution in [0.2, 0.25) is 5.02 Å². The molecule has 0 fully saturated rings. The van der Waals surface area contributed by atoms with Gasteiger partial charge < -0.3 is 15.4 Å². The summed E-state index contributed by atoms with van der Waals surface area (Å²) >= 11 is 6.03. The Bertz CT molecular complexity index is 1000. The highest BCUT2D eigenvalue weighted by molar-refractivity contribution is 6.31. The van der Waals surface area contributed by atoms with Crippen LogP contribution in [0.5, 0.6) is 5.75 Å². The number of nitrogens with one attached hydrogen (secondary N) is 2. The Hall–Kier alpha value is -3.38. The summed E-state index contributed by atoms with van der Waals surface area (Å²) in [6.45, 7) is 1.49. The average molecular weight is 396 g/mol. The van der Waals surface area contributed by atoms with Crippen LogP contribution < -0.4 is 15.4 Å². The fourth-order valence-corrected chi connectivity index (χ4v) is 2.69. The predicted molar refractivity (Wildman–Crippen MR) is 110 cm³/mol. The van der Waals surface area contributed by atoms with Crippen molar-refractivity contribution in [1.82, 2.24) is 4.98 Å². The molecule has 142 valence electrons. The molecule has 3 rings (SSSR count). The SMILES string of the molecule is COc1ccc(Cl)cc1Nc1ccc(C(=O)Nc2ccc(C(C)=O)cc2)nc1. The molecule has 1 aromatic heterocycles. The van der Waals surface area contributed by atoms with E-state index in [0.29, 0.717) is 33.4 Å². The summed E-state index contributed by atoms with van der Waals surface area (Å²) in [5.74, 6) is 0.265. The lowest BCUT2D eigenvalue weighted by molar-refractivity contribution is 0.101. The van der Waals surface area contributed by atoms with Gasteiger partial charge in [-0.05, 0) is 61.5 Å². The number of anilines is 3. The van der Waals surface area contributed by atoms with Crippen LogP contribution in [0.1, 0.15) is 27.8 Å². The number of benzene rings is 2. The molecule has 0 saturated carbocycles. The van der Waals surface area contributed by atoms with Gasteiger partial charge in [-0.15, -0.1) is 0 Å². The van der Waals surface area contributed by atoms with Crippen molar-refractivity contribution in [3.63, 3.8) is 0 Å². The summed E-state index contributed by atoms with van der Waals surface area (Å²) in [6, 6.07) is 15.3. The Labute approximate surface area is 167 Å². The Morgan fingerprint density at radius 2 is 1.71 bits per heavy atom. The molecule has 6 nitrogen and oxygen atoms in total. The lowest BCUT2D eigenvalue weighted by atomic mass is 10.1. The van der Waals surface area contributed by atoms with Crippen molar-refractivity contribution in [1.29, 1.82) is 0 Å². The second-order valence-electron chi connectivity index (χ2n) is 5.99. The van der Waals surface area contributed by atoms with Crippen LogP contribution in [0.15, 0.2) is 60.8 Å². The number of ketones is 1. The third-order valence-corrected chi connectivity index (χ3v) is 4.22. The van der Waals surface area contributed by atoms with E-state index in [2.05, 4.69) is 15.6 Å². The van der Waals surface area contributed by atoms with E-state index in [-0.39, 0.29) is 17.4 Å². The number of methoxy groups -OCH3 is 1. The molecule has 0 atom stereocenters. The summed E-state index contributed by atoms with van der Waals surface area (Å²) < 4.78 is 5.30. The van der Waals surface area contributed by atoms with E-state index in [0.717, 1.165) is 0 Å². The zero-order chi connectivity index (χ0) is 20.1. The van der Waals surface area contributed by atoms with E-state index in [4.69, 9.17) is 16.3 Å². The van der Waals surface area contributed by atoms with Crippen LogP contribution in [-0.2, 0) is 0 Å². The minimum atomic E-state index is -0.345. The van der Waals surface area contributed by atoms with E-state index in [1.54, 1.807) is 67.9 Å². The van der Waals surface area contributed by atoms with Gasteiger partial charge in [-0.1, -0.05) is 11.6 Å². The van der Waals surface area contributed by atoms with Crippen molar-refractivity contribution in [3.8, 4) is 5.75 Å². The number of rotatable bonds is 6. The molecule has 7 heteroatoms. The van der Waals surface area contributed by atoms with Crippen LogP contribution >= 0.6 is 11.6 Å². The fraction of sp³-hybridized carbons (Fsp3) is 0.0952. The number of halogens is 1. The minimum Gasteiger partial charge on any atom is -0.495 e. The first kappa shape index (κ1) is 19.4. The van der Waals surface area contributed by atoms with Gasteiger partial charge in [0.15, 0.2) is 5.78 Å². The number of pyridine rings is 1. The summed E-state index contributed by atoms with van der Waals surface area (Å²) in [7, 11) is 1.57. The van der Waals surface area contributed by atoms with Crippen LogP contribution in [0.4, 0.5) is 17.1 Å². The topological polar surface area (TPSA) is 80.3 Å². The Kier molecular flexibility index (Phi) is 5.91. The molecule has 0 bridgehead atoms. The van der Waals surface area contributed by atoms with E-state index in [9.17, 15) is 9.59 Å². The van der Waals surface area contributed by atoms with Crippen molar-refractivity contribution in [2.75, 3.05) is 17.7 Å². The first-order chi connectivity index (χ1) is 13.5. The Morgan fingerprint density at radius 1 is 1.00 bits per heavy atom. The highest BCUT2D eigenvalue weighted by atomic mass is 35.5. The number of amides is 1. The molecule has 2 N–H and O–H groups in total. The van der Waals surface area contributed by atoms with Gasteiger partial charge in [0.05, 0.1) is 24.7 Å². The zero-order valence-corrected chi connectivity index (χ0v) is 16.1. The Morgan fingerprint density at radius 3 is 2.32 bits per heavy atom. The first-order valence-electron chi connectivity index (χ1n) is 8.45. The van der Waals surface area contributed by atoms with Crippen molar-refractivity contribution in [2.24, 2.45) is 0 Å². The molecule has 1 amide bonds. The maximum absolute atomic E-state index is 12.3. The van der Waals surface area contributed by atoms with Crippen molar-refractivity contribution >= 4 is 40.4 Å². The Balaban J connectivity index is 1.69. The molecular formula is C21H18ClN3O3. The third kappa shape index (κ3) is 4.66. The molecule has 3 aromatic rings. The minimum absolute atomic E-state index is 0.0287.